The summed E-state index contributed by atoms with van der Waals surface area (Å²) in [6.45, 7) is 6.18. The van der Waals surface area contributed by atoms with Crippen LogP contribution < -0.4 is 11.1 Å². The summed E-state index contributed by atoms with van der Waals surface area (Å²) in [5, 5.41) is 2.90. The molecule has 1 saturated carbocycles. The van der Waals surface area contributed by atoms with Gasteiger partial charge < -0.3 is 15.8 Å². The molecule has 0 radical (unpaired) electrons. The first kappa shape index (κ1) is 12.2. The summed E-state index contributed by atoms with van der Waals surface area (Å²) in [5.74, 6) is 0.0275. The van der Waals surface area contributed by atoms with Crippen LogP contribution in [0.15, 0.2) is 12.7 Å². The van der Waals surface area contributed by atoms with Crippen molar-refractivity contribution in [3.8, 4) is 0 Å². The number of amides is 1. The van der Waals surface area contributed by atoms with Crippen LogP contribution in [0, 0.1) is 0 Å². The Morgan fingerprint density at radius 2 is 2.47 bits per heavy atom. The second-order valence-corrected chi connectivity index (χ2v) is 3.81. The van der Waals surface area contributed by atoms with Gasteiger partial charge in [0.25, 0.3) is 0 Å². The fraction of sp³-hybridized carbons (Fsp3) is 0.727. The van der Waals surface area contributed by atoms with Crippen molar-refractivity contribution < 1.29 is 9.53 Å². The van der Waals surface area contributed by atoms with E-state index in [0.29, 0.717) is 19.4 Å². The smallest absolute Gasteiger partial charge is 0.220 e. The highest BCUT2D eigenvalue weighted by Gasteiger charge is 2.40. The molecule has 1 aliphatic carbocycles. The maximum Gasteiger partial charge on any atom is 0.220 e. The number of nitrogens with two attached hydrogens (primary N) is 1. The number of rotatable bonds is 6. The van der Waals surface area contributed by atoms with Crippen LogP contribution >= 0.6 is 0 Å². The fourth-order valence-electron chi connectivity index (χ4n) is 1.72. The Hall–Kier alpha value is -0.870. The number of hydrogen-bond acceptors (Lipinski definition) is 3. The number of carbonyl (C=O) groups is 1. The average molecular weight is 212 g/mol. The Labute approximate surface area is 90.9 Å². The third kappa shape index (κ3) is 3.32. The van der Waals surface area contributed by atoms with Crippen LogP contribution in [-0.2, 0) is 9.53 Å². The SMILES string of the molecule is C=CCCC(=O)NC1C(N)CC1OCC. The Morgan fingerprint density at radius 3 is 3.00 bits per heavy atom. The lowest BCUT2D eigenvalue weighted by molar-refractivity contribution is -0.125. The molecule has 86 valence electrons. The Kier molecular flexibility index (Phi) is 4.78. The zero-order valence-electron chi connectivity index (χ0n) is 9.24. The highest BCUT2D eigenvalue weighted by Crippen LogP contribution is 2.22. The fourth-order valence-corrected chi connectivity index (χ4v) is 1.72. The average Bonchev–Trinajstić information content (AvgIpc) is 2.23. The number of nitrogens with one attached hydrogen (secondary N) is 1. The first-order chi connectivity index (χ1) is 7.19. The molecule has 0 aliphatic heterocycles. The minimum atomic E-state index is -0.0118. The quantitative estimate of drug-likeness (QED) is 0.633. The molecule has 3 atom stereocenters. The molecule has 0 spiro atoms. The van der Waals surface area contributed by atoms with Crippen molar-refractivity contribution in [1.82, 2.24) is 5.32 Å². The van der Waals surface area contributed by atoms with E-state index in [0.717, 1.165) is 6.42 Å². The lowest BCUT2D eigenvalue weighted by Gasteiger charge is -2.42. The third-order valence-corrected chi connectivity index (χ3v) is 2.65. The summed E-state index contributed by atoms with van der Waals surface area (Å²) >= 11 is 0. The molecule has 1 aliphatic rings. The largest absolute Gasteiger partial charge is 0.376 e. The molecular formula is C11H20N2O2. The van der Waals surface area contributed by atoms with Crippen LogP contribution in [0.25, 0.3) is 0 Å². The second-order valence-electron chi connectivity index (χ2n) is 3.81. The molecule has 0 aromatic rings. The number of allylic oxidation sites excluding steroid dienone is 1. The third-order valence-electron chi connectivity index (χ3n) is 2.65. The van der Waals surface area contributed by atoms with E-state index < -0.39 is 0 Å². The van der Waals surface area contributed by atoms with E-state index in [9.17, 15) is 4.79 Å². The van der Waals surface area contributed by atoms with Gasteiger partial charge in [-0.3, -0.25) is 4.79 Å². The monoisotopic (exact) mass is 212 g/mol. The number of carbonyl (C=O) groups excluding carboxylic acids is 1. The van der Waals surface area contributed by atoms with Crippen LogP contribution in [0.5, 0.6) is 0 Å². The predicted octanol–water partition coefficient (Wildman–Crippen LogP) is 0.574. The van der Waals surface area contributed by atoms with Gasteiger partial charge in [0.2, 0.25) is 5.91 Å². The molecule has 3 unspecified atom stereocenters. The van der Waals surface area contributed by atoms with Crippen molar-refractivity contribution >= 4 is 5.91 Å². The first-order valence-electron chi connectivity index (χ1n) is 5.46. The molecule has 1 rings (SSSR count). The Balaban J connectivity index is 2.29. The van der Waals surface area contributed by atoms with Gasteiger partial charge in [-0.25, -0.2) is 0 Å². The summed E-state index contributed by atoms with van der Waals surface area (Å²) in [4.78, 5) is 11.4. The second kappa shape index (κ2) is 5.88. The number of ether oxygens (including phenoxy) is 1. The summed E-state index contributed by atoms with van der Waals surface area (Å²) in [5.41, 5.74) is 5.81. The molecule has 15 heavy (non-hydrogen) atoms. The number of hydrogen-bond donors (Lipinski definition) is 2. The lowest BCUT2D eigenvalue weighted by Crippen LogP contribution is -2.64. The zero-order valence-corrected chi connectivity index (χ0v) is 9.24. The molecule has 0 saturated heterocycles. The molecule has 0 heterocycles. The van der Waals surface area contributed by atoms with Gasteiger partial charge in [-0.2, -0.15) is 0 Å². The van der Waals surface area contributed by atoms with E-state index in [1.165, 1.54) is 0 Å². The van der Waals surface area contributed by atoms with Gasteiger partial charge in [-0.05, 0) is 19.8 Å². The van der Waals surface area contributed by atoms with Crippen molar-refractivity contribution in [2.75, 3.05) is 6.61 Å². The van der Waals surface area contributed by atoms with Gasteiger partial charge in [-0.15, -0.1) is 6.58 Å². The minimum absolute atomic E-state index is 0.0118. The summed E-state index contributed by atoms with van der Waals surface area (Å²) in [6.07, 6.45) is 3.84. The molecular weight excluding hydrogens is 192 g/mol. The minimum Gasteiger partial charge on any atom is -0.376 e. The Bertz CT molecular complexity index is 229. The van der Waals surface area contributed by atoms with Gasteiger partial charge in [0.1, 0.15) is 0 Å². The van der Waals surface area contributed by atoms with Crippen molar-refractivity contribution in [2.24, 2.45) is 5.73 Å². The summed E-state index contributed by atoms with van der Waals surface area (Å²) in [6, 6.07) is 0.0245. The summed E-state index contributed by atoms with van der Waals surface area (Å²) in [7, 11) is 0. The normalized spacial score (nSPS) is 29.3. The molecule has 1 amide bonds. The van der Waals surface area contributed by atoms with E-state index in [1.807, 2.05) is 6.92 Å². The maximum atomic E-state index is 11.4. The van der Waals surface area contributed by atoms with Gasteiger partial charge in [0.05, 0.1) is 12.1 Å². The van der Waals surface area contributed by atoms with Gasteiger partial charge in [0.15, 0.2) is 0 Å². The topological polar surface area (TPSA) is 64.4 Å². The van der Waals surface area contributed by atoms with E-state index in [4.69, 9.17) is 10.5 Å². The van der Waals surface area contributed by atoms with Crippen molar-refractivity contribution in [3.05, 3.63) is 12.7 Å². The molecule has 3 N–H and O–H groups in total. The van der Waals surface area contributed by atoms with Gasteiger partial charge in [0, 0.05) is 19.1 Å². The van der Waals surface area contributed by atoms with Crippen molar-refractivity contribution in [1.29, 1.82) is 0 Å². The summed E-state index contributed by atoms with van der Waals surface area (Å²) < 4.78 is 5.45. The predicted molar refractivity (Wildman–Crippen MR) is 59.4 cm³/mol. The maximum absolute atomic E-state index is 11.4. The standard InChI is InChI=1S/C11H20N2O2/c1-3-5-6-10(14)13-11-8(12)7-9(11)15-4-2/h3,8-9,11H,1,4-7,12H2,2H3,(H,13,14). The van der Waals surface area contributed by atoms with Crippen LogP contribution in [0.2, 0.25) is 0 Å². The van der Waals surface area contributed by atoms with Crippen LogP contribution in [0.1, 0.15) is 26.2 Å². The molecule has 1 fully saturated rings. The van der Waals surface area contributed by atoms with E-state index in [-0.39, 0.29) is 24.1 Å². The van der Waals surface area contributed by atoms with Crippen molar-refractivity contribution in [2.45, 2.75) is 44.4 Å². The van der Waals surface area contributed by atoms with Gasteiger partial charge in [-0.1, -0.05) is 6.08 Å². The van der Waals surface area contributed by atoms with Crippen molar-refractivity contribution in [3.63, 3.8) is 0 Å². The zero-order chi connectivity index (χ0) is 11.3. The molecule has 0 aromatic heterocycles. The molecule has 4 nitrogen and oxygen atoms in total. The molecule has 0 aromatic carbocycles. The van der Waals surface area contributed by atoms with E-state index in [1.54, 1.807) is 6.08 Å². The van der Waals surface area contributed by atoms with Crippen LogP contribution in [-0.4, -0.2) is 30.7 Å². The highest BCUT2D eigenvalue weighted by atomic mass is 16.5. The van der Waals surface area contributed by atoms with E-state index in [2.05, 4.69) is 11.9 Å². The molecule has 0 bridgehead atoms. The Morgan fingerprint density at radius 1 is 1.73 bits per heavy atom. The van der Waals surface area contributed by atoms with E-state index >= 15 is 0 Å². The lowest BCUT2D eigenvalue weighted by atomic mass is 9.83. The first-order valence-corrected chi connectivity index (χ1v) is 5.46. The van der Waals surface area contributed by atoms with Gasteiger partial charge >= 0.3 is 0 Å². The highest BCUT2D eigenvalue weighted by molar-refractivity contribution is 5.76. The van der Waals surface area contributed by atoms with Crippen LogP contribution in [0.4, 0.5) is 0 Å². The van der Waals surface area contributed by atoms with Crippen LogP contribution in [0.3, 0.4) is 0 Å². The molecule has 4 heteroatoms.